The Balaban J connectivity index is 2.06. The summed E-state index contributed by atoms with van der Waals surface area (Å²) in [6.45, 7) is 24.2. The lowest BCUT2D eigenvalue weighted by Crippen LogP contribution is -2.55. The fourth-order valence-corrected chi connectivity index (χ4v) is 4.84. The molecule has 1 amide bonds. The fraction of sp³-hybridized carbons (Fsp3) is 0.960. The monoisotopic (exact) mass is 436 g/mol. The van der Waals surface area contributed by atoms with Crippen molar-refractivity contribution in [2.24, 2.45) is 17.3 Å². The van der Waals surface area contributed by atoms with Gasteiger partial charge in [-0.25, -0.2) is 0 Å². The van der Waals surface area contributed by atoms with Crippen molar-refractivity contribution < 1.29 is 14.1 Å². The Bertz CT molecular complexity index is 620. The van der Waals surface area contributed by atoms with Crippen LogP contribution in [0.1, 0.15) is 102 Å². The third kappa shape index (κ3) is 6.95. The van der Waals surface area contributed by atoms with Crippen LogP contribution in [0.15, 0.2) is 0 Å². The van der Waals surface area contributed by atoms with Crippen molar-refractivity contribution in [1.82, 2.24) is 10.6 Å². The first-order valence-electron chi connectivity index (χ1n) is 12.3. The van der Waals surface area contributed by atoms with E-state index < -0.39 is 0 Å². The molecule has 2 rings (SSSR count). The molecular formula is C25H49BN2O3. The van der Waals surface area contributed by atoms with E-state index >= 15 is 0 Å². The summed E-state index contributed by atoms with van der Waals surface area (Å²) in [7, 11) is -0.153. The van der Waals surface area contributed by atoms with Gasteiger partial charge in [-0.15, -0.1) is 0 Å². The molecule has 0 aromatic heterocycles. The zero-order chi connectivity index (χ0) is 23.9. The summed E-state index contributed by atoms with van der Waals surface area (Å²) in [5.41, 5.74) is -1.11. The van der Waals surface area contributed by atoms with Gasteiger partial charge in [0.05, 0.1) is 16.6 Å². The van der Waals surface area contributed by atoms with Crippen molar-refractivity contribution in [3.8, 4) is 0 Å². The molecule has 2 aliphatic rings. The Hall–Kier alpha value is -0.585. The smallest absolute Gasteiger partial charge is 0.403 e. The van der Waals surface area contributed by atoms with E-state index in [1.54, 1.807) is 0 Å². The Morgan fingerprint density at radius 2 is 1.48 bits per heavy atom. The van der Waals surface area contributed by atoms with Gasteiger partial charge in [0, 0.05) is 11.1 Å². The molecule has 0 unspecified atom stereocenters. The molecule has 6 heteroatoms. The molecule has 0 aromatic rings. The highest BCUT2D eigenvalue weighted by molar-refractivity contribution is 6.45. The summed E-state index contributed by atoms with van der Waals surface area (Å²) < 4.78 is 12.4. The summed E-state index contributed by atoms with van der Waals surface area (Å²) in [4.78, 5) is 13.5. The molecule has 5 nitrogen and oxygen atoms in total. The molecule has 1 saturated heterocycles. The summed E-state index contributed by atoms with van der Waals surface area (Å²) in [5, 5.41) is 6.93. The lowest BCUT2D eigenvalue weighted by atomic mass is 9.61. The van der Waals surface area contributed by atoms with Crippen LogP contribution in [-0.2, 0) is 14.1 Å². The first-order valence-corrected chi connectivity index (χ1v) is 12.3. The molecule has 2 N–H and O–H groups in total. The third-order valence-electron chi connectivity index (χ3n) is 7.54. The van der Waals surface area contributed by atoms with E-state index in [1.165, 1.54) is 0 Å². The van der Waals surface area contributed by atoms with E-state index in [1.807, 2.05) is 0 Å². The molecule has 1 aliphatic carbocycles. The van der Waals surface area contributed by atoms with E-state index in [4.69, 9.17) is 9.31 Å². The summed E-state index contributed by atoms with van der Waals surface area (Å²) in [6, 6.07) is 0. The highest BCUT2D eigenvalue weighted by Gasteiger charge is 2.51. The van der Waals surface area contributed by atoms with Crippen molar-refractivity contribution in [1.29, 1.82) is 0 Å². The number of hydrogen-bond donors (Lipinski definition) is 2. The Kier molecular flexibility index (Phi) is 7.73. The second-order valence-electron chi connectivity index (χ2n) is 13.4. The van der Waals surface area contributed by atoms with Gasteiger partial charge in [0.25, 0.3) is 0 Å². The first kappa shape index (κ1) is 26.7. The van der Waals surface area contributed by atoms with Crippen LogP contribution in [0.25, 0.3) is 0 Å². The normalized spacial score (nSPS) is 31.0. The summed E-state index contributed by atoms with van der Waals surface area (Å²) >= 11 is 0. The Morgan fingerprint density at radius 3 is 1.97 bits per heavy atom. The Morgan fingerprint density at radius 1 is 0.935 bits per heavy atom. The van der Waals surface area contributed by atoms with Crippen molar-refractivity contribution >= 4 is 13.0 Å². The predicted octanol–water partition coefficient (Wildman–Crippen LogP) is 5.19. The van der Waals surface area contributed by atoms with E-state index in [0.29, 0.717) is 11.8 Å². The summed E-state index contributed by atoms with van der Waals surface area (Å²) in [5.74, 6) is 1.05. The molecule has 0 bridgehead atoms. The van der Waals surface area contributed by atoms with Crippen LogP contribution in [0.2, 0.25) is 6.32 Å². The van der Waals surface area contributed by atoms with E-state index in [-0.39, 0.29) is 40.7 Å². The average Bonchev–Trinajstić information content (AvgIpc) is 2.76. The van der Waals surface area contributed by atoms with Crippen LogP contribution in [0.4, 0.5) is 0 Å². The number of rotatable bonds is 6. The highest BCUT2D eigenvalue weighted by Crippen LogP contribution is 2.46. The van der Waals surface area contributed by atoms with E-state index in [0.717, 1.165) is 38.5 Å². The van der Waals surface area contributed by atoms with Gasteiger partial charge in [0.1, 0.15) is 0 Å². The van der Waals surface area contributed by atoms with Crippen molar-refractivity contribution in [2.75, 3.05) is 6.54 Å². The third-order valence-corrected chi connectivity index (χ3v) is 7.54. The second kappa shape index (κ2) is 8.98. The average molecular weight is 436 g/mol. The lowest BCUT2D eigenvalue weighted by molar-refractivity contribution is -0.138. The highest BCUT2D eigenvalue weighted by atomic mass is 16.7. The standard InChI is InChI=1S/C25H49BN2O3/c1-21(2,3)27-17-19-13-12-18(16-25(19,11)20(29)28-22(4,5)6)14-15-26-30-23(7,8)24(9,10)31-26/h18-19,27H,12-17H2,1-11H3,(H,28,29)/t18-,19-,25-/m0/s1. The minimum absolute atomic E-state index is 0.0506. The maximum Gasteiger partial charge on any atom is 0.457 e. The van der Waals surface area contributed by atoms with Gasteiger partial charge < -0.3 is 19.9 Å². The molecule has 1 heterocycles. The van der Waals surface area contributed by atoms with Gasteiger partial charge >= 0.3 is 7.12 Å². The zero-order valence-electron chi connectivity index (χ0n) is 22.2. The molecule has 1 saturated carbocycles. The number of hydrogen-bond acceptors (Lipinski definition) is 4. The number of nitrogens with one attached hydrogen (secondary N) is 2. The number of amides is 1. The Labute approximate surface area is 192 Å². The van der Waals surface area contributed by atoms with Crippen LogP contribution in [0.5, 0.6) is 0 Å². The molecule has 2 fully saturated rings. The minimum atomic E-state index is -0.371. The van der Waals surface area contributed by atoms with Gasteiger partial charge in [-0.3, -0.25) is 4.79 Å². The van der Waals surface area contributed by atoms with Gasteiger partial charge in [-0.2, -0.15) is 0 Å². The van der Waals surface area contributed by atoms with Crippen LogP contribution < -0.4 is 10.6 Å². The molecule has 0 spiro atoms. The van der Waals surface area contributed by atoms with E-state index in [9.17, 15) is 4.79 Å². The van der Waals surface area contributed by atoms with Gasteiger partial charge in [-0.1, -0.05) is 19.8 Å². The van der Waals surface area contributed by atoms with Gasteiger partial charge in [0.2, 0.25) is 5.91 Å². The van der Waals surface area contributed by atoms with Crippen LogP contribution in [0, 0.1) is 17.3 Å². The maximum absolute atomic E-state index is 13.5. The second-order valence-corrected chi connectivity index (χ2v) is 13.4. The van der Waals surface area contributed by atoms with Gasteiger partial charge in [0.15, 0.2) is 0 Å². The summed E-state index contributed by atoms with van der Waals surface area (Å²) in [6.07, 6.45) is 5.08. The van der Waals surface area contributed by atoms with E-state index in [2.05, 4.69) is 86.8 Å². The quantitative estimate of drug-likeness (QED) is 0.563. The molecule has 3 atom stereocenters. The van der Waals surface area contributed by atoms with Crippen LogP contribution in [-0.4, -0.2) is 41.9 Å². The number of carbonyl (C=O) groups is 1. The van der Waals surface area contributed by atoms with Crippen molar-refractivity contribution in [3.05, 3.63) is 0 Å². The zero-order valence-corrected chi connectivity index (χ0v) is 22.2. The predicted molar refractivity (Wildman–Crippen MR) is 130 cm³/mol. The van der Waals surface area contributed by atoms with Crippen LogP contribution in [0.3, 0.4) is 0 Å². The fourth-order valence-electron chi connectivity index (χ4n) is 4.84. The van der Waals surface area contributed by atoms with Gasteiger partial charge in [-0.05, 0) is 107 Å². The van der Waals surface area contributed by atoms with Crippen molar-refractivity contribution in [2.45, 2.75) is 130 Å². The lowest BCUT2D eigenvalue weighted by Gasteiger charge is -2.45. The van der Waals surface area contributed by atoms with Crippen molar-refractivity contribution in [3.63, 3.8) is 0 Å². The maximum atomic E-state index is 13.5. The molecule has 180 valence electrons. The number of carbonyl (C=O) groups excluding carboxylic acids is 1. The molecule has 1 aliphatic heterocycles. The molecule has 31 heavy (non-hydrogen) atoms. The SMILES string of the molecule is CC(C)(C)NC[C@@H]1CC[C@@H](CCB2OC(C)(C)C(C)(C)O2)C[C@]1(C)C(=O)NC(C)(C)C. The largest absolute Gasteiger partial charge is 0.457 e. The first-order chi connectivity index (χ1) is 13.8. The molecule has 0 aromatic carbocycles. The minimum Gasteiger partial charge on any atom is -0.403 e. The molecular weight excluding hydrogens is 387 g/mol. The van der Waals surface area contributed by atoms with Crippen LogP contribution >= 0.6 is 0 Å². The molecule has 0 radical (unpaired) electrons. The topological polar surface area (TPSA) is 59.6 Å².